The van der Waals surface area contributed by atoms with Crippen molar-refractivity contribution in [2.24, 2.45) is 5.92 Å². The van der Waals surface area contributed by atoms with Gasteiger partial charge in [-0.3, -0.25) is 5.09 Å². The van der Waals surface area contributed by atoms with E-state index in [1.807, 2.05) is 0 Å². The van der Waals surface area contributed by atoms with E-state index in [4.69, 9.17) is 11.8 Å². The summed E-state index contributed by atoms with van der Waals surface area (Å²) in [6.07, 6.45) is 3.29. The van der Waals surface area contributed by atoms with Gasteiger partial charge >= 0.3 is 29.6 Å². The Morgan fingerprint density at radius 1 is 1.11 bits per heavy atom. The molecule has 0 amide bonds. The van der Waals surface area contributed by atoms with Crippen LogP contribution < -0.4 is 39.8 Å². The van der Waals surface area contributed by atoms with Crippen LogP contribution in [0.25, 0.3) is 0 Å². The van der Waals surface area contributed by atoms with E-state index in [0.29, 0.717) is 6.04 Å². The largest absolute Gasteiger partial charge is 1.00 e. The number of rotatable bonds is 5. The summed E-state index contributed by atoms with van der Waals surface area (Å²) in [6.45, 7) is 2.81. The first-order chi connectivity index (χ1) is 8.59. The average molecular weight is 311 g/mol. The molecule has 0 atom stereocenters. The molecule has 19 heavy (non-hydrogen) atoms. The van der Waals surface area contributed by atoms with Crippen LogP contribution in [0, 0.1) is 5.92 Å². The first kappa shape index (κ1) is 16.4. The Bertz CT molecular complexity index is 379. The van der Waals surface area contributed by atoms with Gasteiger partial charge in [-0.25, -0.2) is 9.34 Å². The zero-order valence-corrected chi connectivity index (χ0v) is 15.1. The molecule has 5 nitrogen and oxygen atoms in total. The zero-order chi connectivity index (χ0) is 12.8. The third kappa shape index (κ3) is 3.80. The summed E-state index contributed by atoms with van der Waals surface area (Å²) in [5, 5.41) is 14.5. The van der Waals surface area contributed by atoms with Crippen molar-refractivity contribution in [3.63, 3.8) is 0 Å². The molecule has 3 fully saturated rings. The van der Waals surface area contributed by atoms with Gasteiger partial charge in [0, 0.05) is 38.2 Å². The molecule has 1 aliphatic carbocycles. The van der Waals surface area contributed by atoms with Crippen LogP contribution in [-0.2, 0) is 16.6 Å². The number of carbonyl (C=O) groups is 1. The molecule has 2 saturated heterocycles. The Kier molecular flexibility index (Phi) is 5.52. The summed E-state index contributed by atoms with van der Waals surface area (Å²) in [4.78, 5) is 10.8. The van der Waals surface area contributed by atoms with Gasteiger partial charge in [-0.05, 0) is 43.4 Å². The van der Waals surface area contributed by atoms with Crippen LogP contribution in [0.2, 0.25) is 0 Å². The van der Waals surface area contributed by atoms with Crippen molar-refractivity contribution in [3.8, 4) is 0 Å². The molecular weight excluding hydrogens is 292 g/mol. The van der Waals surface area contributed by atoms with Crippen molar-refractivity contribution < 1.29 is 39.5 Å². The number of hydrogen-bond acceptors (Lipinski definition) is 3. The third-order valence-corrected chi connectivity index (χ3v) is 8.76. The topological polar surface area (TPSA) is 58.2 Å². The molecule has 0 bridgehead atoms. The molecular formula is C11H19N3NaO2PS. The molecule has 0 radical (unpaired) electrons. The van der Waals surface area contributed by atoms with Crippen molar-refractivity contribution in [1.82, 2.24) is 14.4 Å². The van der Waals surface area contributed by atoms with Crippen molar-refractivity contribution in [3.05, 3.63) is 0 Å². The monoisotopic (exact) mass is 311 g/mol. The van der Waals surface area contributed by atoms with Crippen LogP contribution in [0.4, 0.5) is 0 Å². The van der Waals surface area contributed by atoms with Crippen molar-refractivity contribution in [1.29, 1.82) is 0 Å². The Morgan fingerprint density at radius 2 is 1.58 bits per heavy atom. The molecule has 0 aromatic carbocycles. The minimum Gasteiger partial charge on any atom is -0.550 e. The van der Waals surface area contributed by atoms with E-state index < -0.39 is 12.5 Å². The van der Waals surface area contributed by atoms with E-state index in [9.17, 15) is 9.90 Å². The Labute approximate surface area is 141 Å². The number of carboxylic acids is 1. The van der Waals surface area contributed by atoms with Crippen LogP contribution in [0.15, 0.2) is 0 Å². The molecule has 1 N–H and O–H groups in total. The molecule has 0 spiro atoms. The molecule has 2 aliphatic heterocycles. The van der Waals surface area contributed by atoms with Gasteiger partial charge in [0.15, 0.2) is 0 Å². The summed E-state index contributed by atoms with van der Waals surface area (Å²) >= 11 is 5.86. The number of nitrogens with one attached hydrogen (secondary N) is 1. The Hall–Kier alpha value is 1.000. The summed E-state index contributed by atoms with van der Waals surface area (Å²) in [5.74, 6) is -1.13. The van der Waals surface area contributed by atoms with Crippen LogP contribution in [0.3, 0.4) is 0 Å². The smallest absolute Gasteiger partial charge is 0.550 e. The molecule has 0 aromatic heterocycles. The molecule has 102 valence electrons. The fourth-order valence-corrected chi connectivity index (χ4v) is 6.78. The van der Waals surface area contributed by atoms with Crippen LogP contribution >= 0.6 is 6.49 Å². The standard InChI is InChI=1S/C11H20N3O2PS.Na/c15-11(16)9-1-3-10(4-2-9)12-17(18,13-5-6-13)14-7-8-14;/h9-10H,1-8H2,(H,12,18)(H,15,16);/q;+1/p-1. The van der Waals surface area contributed by atoms with Gasteiger partial charge in [-0.2, -0.15) is 0 Å². The SMILES string of the molecule is O=C([O-])C1CCC(NP(=S)(N2CC2)N2CC2)CC1.[Na+]. The van der Waals surface area contributed by atoms with Crippen LogP contribution in [0.1, 0.15) is 25.7 Å². The van der Waals surface area contributed by atoms with Gasteiger partial charge in [0.25, 0.3) is 0 Å². The maximum Gasteiger partial charge on any atom is 1.00 e. The first-order valence-electron chi connectivity index (χ1n) is 6.69. The average Bonchev–Trinajstić information content (AvgIpc) is 3.18. The van der Waals surface area contributed by atoms with E-state index >= 15 is 0 Å². The fraction of sp³-hybridized carbons (Fsp3) is 0.909. The molecule has 1 saturated carbocycles. The Balaban J connectivity index is 0.00000133. The van der Waals surface area contributed by atoms with E-state index in [0.717, 1.165) is 51.9 Å². The van der Waals surface area contributed by atoms with Crippen molar-refractivity contribution in [2.45, 2.75) is 31.7 Å². The molecule has 0 unspecified atom stereocenters. The van der Waals surface area contributed by atoms with Crippen molar-refractivity contribution in [2.75, 3.05) is 26.2 Å². The second kappa shape index (κ2) is 6.41. The predicted octanol–water partition coefficient (Wildman–Crippen LogP) is -3.26. The van der Waals surface area contributed by atoms with Gasteiger partial charge in [0.1, 0.15) is 6.49 Å². The predicted molar refractivity (Wildman–Crippen MR) is 71.3 cm³/mol. The summed E-state index contributed by atoms with van der Waals surface area (Å²) < 4.78 is 4.75. The van der Waals surface area contributed by atoms with E-state index in [1.54, 1.807) is 0 Å². The maximum absolute atomic E-state index is 10.8. The van der Waals surface area contributed by atoms with Gasteiger partial charge in [-0.15, -0.1) is 0 Å². The normalized spacial score (nSPS) is 31.6. The van der Waals surface area contributed by atoms with Crippen LogP contribution in [-0.4, -0.2) is 47.5 Å². The summed E-state index contributed by atoms with van der Waals surface area (Å²) in [7, 11) is 0. The molecule has 8 heteroatoms. The minimum absolute atomic E-state index is 0. The Morgan fingerprint density at radius 3 is 1.95 bits per heavy atom. The van der Waals surface area contributed by atoms with E-state index in [-0.39, 0.29) is 35.5 Å². The number of nitrogens with zero attached hydrogens (tertiary/aromatic N) is 2. The van der Waals surface area contributed by atoms with Gasteiger partial charge < -0.3 is 9.90 Å². The zero-order valence-electron chi connectivity index (χ0n) is 11.4. The molecule has 3 rings (SSSR count). The van der Waals surface area contributed by atoms with E-state index in [2.05, 4.69) is 14.4 Å². The van der Waals surface area contributed by atoms with Gasteiger partial charge in [-0.1, -0.05) is 0 Å². The molecule has 2 heterocycles. The maximum atomic E-state index is 10.8. The quantitative estimate of drug-likeness (QED) is 0.327. The summed E-state index contributed by atoms with van der Waals surface area (Å²) in [6, 6.07) is 0.396. The second-order valence-corrected chi connectivity index (χ2v) is 9.45. The van der Waals surface area contributed by atoms with Crippen LogP contribution in [0.5, 0.6) is 0 Å². The second-order valence-electron chi connectivity index (χ2n) is 5.45. The summed E-state index contributed by atoms with van der Waals surface area (Å²) in [5.41, 5.74) is 0. The van der Waals surface area contributed by atoms with E-state index in [1.165, 1.54) is 0 Å². The minimum atomic E-state index is -1.67. The fourth-order valence-electron chi connectivity index (χ4n) is 2.67. The number of aliphatic carboxylic acids is 1. The number of hydrogen-bond donors (Lipinski definition) is 1. The molecule has 0 aromatic rings. The first-order valence-corrected chi connectivity index (χ1v) is 9.40. The van der Waals surface area contributed by atoms with Gasteiger partial charge in [0.05, 0.1) is 0 Å². The van der Waals surface area contributed by atoms with Gasteiger partial charge in [0.2, 0.25) is 0 Å². The number of carbonyl (C=O) groups excluding carboxylic acids is 1. The number of carboxylic acid groups (broad SMARTS) is 1. The van der Waals surface area contributed by atoms with Crippen molar-refractivity contribution >= 4 is 24.3 Å². The molecule has 3 aliphatic rings. The third-order valence-electron chi connectivity index (χ3n) is 4.03.